The van der Waals surface area contributed by atoms with Gasteiger partial charge in [-0.25, -0.2) is 4.39 Å². The van der Waals surface area contributed by atoms with E-state index in [-0.39, 0.29) is 5.82 Å². The molecule has 0 atom stereocenters. The molecule has 0 saturated carbocycles. The molecule has 1 aromatic heterocycles. The largest absolute Gasteiger partial charge is 0.398 e. The molecule has 0 saturated heterocycles. The van der Waals surface area contributed by atoms with Gasteiger partial charge in [0.05, 0.1) is 0 Å². The van der Waals surface area contributed by atoms with Crippen molar-refractivity contribution in [1.29, 1.82) is 0 Å². The van der Waals surface area contributed by atoms with Gasteiger partial charge in [-0.2, -0.15) is 0 Å². The van der Waals surface area contributed by atoms with Gasteiger partial charge in [0.1, 0.15) is 5.82 Å². The quantitative estimate of drug-likeness (QED) is 0.566. The summed E-state index contributed by atoms with van der Waals surface area (Å²) >= 11 is 0. The summed E-state index contributed by atoms with van der Waals surface area (Å²) in [6.07, 6.45) is 0. The summed E-state index contributed by atoms with van der Waals surface area (Å²) in [5, 5.41) is 1.92. The Morgan fingerprint density at radius 1 is 1.18 bits per heavy atom. The number of fused-ring (bicyclic) bond motifs is 3. The third-order valence-corrected chi connectivity index (χ3v) is 3.33. The monoisotopic (exact) mass is 228 g/mol. The standard InChI is InChI=1S/C14H13FN2/c1-7-5-11(16)8(2)13-10-6-9(15)3-4-12(10)17-14(7)13/h3-6,17H,16H2,1-2H3. The van der Waals surface area contributed by atoms with Crippen molar-refractivity contribution in [2.45, 2.75) is 13.8 Å². The van der Waals surface area contributed by atoms with Gasteiger partial charge in [-0.3, -0.25) is 0 Å². The van der Waals surface area contributed by atoms with E-state index in [0.29, 0.717) is 0 Å². The maximum atomic E-state index is 13.3. The second-order valence-electron chi connectivity index (χ2n) is 4.47. The molecule has 2 nitrogen and oxygen atoms in total. The average Bonchev–Trinajstić information content (AvgIpc) is 2.65. The Morgan fingerprint density at radius 3 is 2.71 bits per heavy atom. The second-order valence-corrected chi connectivity index (χ2v) is 4.47. The van der Waals surface area contributed by atoms with Gasteiger partial charge in [-0.05, 0) is 49.2 Å². The van der Waals surface area contributed by atoms with Gasteiger partial charge >= 0.3 is 0 Å². The van der Waals surface area contributed by atoms with Gasteiger partial charge in [0.15, 0.2) is 0 Å². The van der Waals surface area contributed by atoms with E-state index in [9.17, 15) is 4.39 Å². The van der Waals surface area contributed by atoms with Gasteiger partial charge in [-0.1, -0.05) is 0 Å². The van der Waals surface area contributed by atoms with E-state index in [2.05, 4.69) is 4.98 Å². The summed E-state index contributed by atoms with van der Waals surface area (Å²) in [7, 11) is 0. The van der Waals surface area contributed by atoms with E-state index in [1.54, 1.807) is 12.1 Å². The fraction of sp³-hybridized carbons (Fsp3) is 0.143. The molecule has 0 amide bonds. The van der Waals surface area contributed by atoms with Crippen LogP contribution in [0.15, 0.2) is 24.3 Å². The van der Waals surface area contributed by atoms with Crippen molar-refractivity contribution in [1.82, 2.24) is 4.98 Å². The molecule has 0 aliphatic carbocycles. The van der Waals surface area contributed by atoms with E-state index >= 15 is 0 Å². The lowest BCUT2D eigenvalue weighted by Gasteiger charge is -2.05. The summed E-state index contributed by atoms with van der Waals surface area (Å²) in [5.74, 6) is -0.224. The zero-order chi connectivity index (χ0) is 12.2. The van der Waals surface area contributed by atoms with Crippen LogP contribution in [-0.2, 0) is 0 Å². The summed E-state index contributed by atoms with van der Waals surface area (Å²) in [5.41, 5.74) is 10.8. The van der Waals surface area contributed by atoms with Crippen LogP contribution in [0.25, 0.3) is 21.8 Å². The van der Waals surface area contributed by atoms with Crippen molar-refractivity contribution in [3.8, 4) is 0 Å². The van der Waals surface area contributed by atoms with E-state index in [0.717, 1.165) is 38.6 Å². The molecule has 0 unspecified atom stereocenters. The van der Waals surface area contributed by atoms with Crippen LogP contribution in [0.1, 0.15) is 11.1 Å². The highest BCUT2D eigenvalue weighted by molar-refractivity contribution is 6.11. The molecule has 0 bridgehead atoms. The summed E-state index contributed by atoms with van der Waals surface area (Å²) in [6, 6.07) is 6.73. The Bertz CT molecular complexity index is 741. The molecule has 86 valence electrons. The number of hydrogen-bond donors (Lipinski definition) is 2. The first-order chi connectivity index (χ1) is 8.08. The van der Waals surface area contributed by atoms with Crippen LogP contribution in [-0.4, -0.2) is 4.98 Å². The Labute approximate surface area is 98.2 Å². The van der Waals surface area contributed by atoms with Gasteiger partial charge in [0.2, 0.25) is 0 Å². The Morgan fingerprint density at radius 2 is 1.94 bits per heavy atom. The minimum atomic E-state index is -0.224. The molecule has 2 aromatic carbocycles. The zero-order valence-electron chi connectivity index (χ0n) is 9.76. The minimum Gasteiger partial charge on any atom is -0.398 e. The highest BCUT2D eigenvalue weighted by Crippen LogP contribution is 2.33. The molecule has 3 aromatic rings. The number of aromatic nitrogens is 1. The van der Waals surface area contributed by atoms with Crippen LogP contribution in [0.4, 0.5) is 10.1 Å². The third-order valence-electron chi connectivity index (χ3n) is 3.33. The van der Waals surface area contributed by atoms with Crippen LogP contribution in [0.3, 0.4) is 0 Å². The van der Waals surface area contributed by atoms with Crippen LogP contribution in [0, 0.1) is 19.7 Å². The van der Waals surface area contributed by atoms with Crippen LogP contribution in [0.2, 0.25) is 0 Å². The average molecular weight is 228 g/mol. The molecule has 17 heavy (non-hydrogen) atoms. The number of halogens is 1. The Kier molecular flexibility index (Phi) is 1.93. The number of H-pyrrole nitrogens is 1. The number of hydrogen-bond acceptors (Lipinski definition) is 1. The van der Waals surface area contributed by atoms with Crippen molar-refractivity contribution in [3.63, 3.8) is 0 Å². The maximum Gasteiger partial charge on any atom is 0.123 e. The number of nitrogens with two attached hydrogens (primary N) is 1. The molecule has 0 aliphatic rings. The summed E-state index contributed by atoms with van der Waals surface area (Å²) in [4.78, 5) is 3.32. The molecule has 3 heteroatoms. The van der Waals surface area contributed by atoms with E-state index in [1.807, 2.05) is 19.9 Å². The number of anilines is 1. The highest BCUT2D eigenvalue weighted by Gasteiger charge is 2.11. The molecule has 3 N–H and O–H groups in total. The predicted molar refractivity (Wildman–Crippen MR) is 69.6 cm³/mol. The molecule has 0 spiro atoms. The zero-order valence-corrected chi connectivity index (χ0v) is 9.76. The van der Waals surface area contributed by atoms with Crippen molar-refractivity contribution in [2.24, 2.45) is 0 Å². The topological polar surface area (TPSA) is 41.8 Å². The van der Waals surface area contributed by atoms with Crippen molar-refractivity contribution in [2.75, 3.05) is 5.73 Å². The van der Waals surface area contributed by atoms with Crippen molar-refractivity contribution in [3.05, 3.63) is 41.2 Å². The third kappa shape index (κ3) is 1.32. The molecule has 0 aliphatic heterocycles. The number of nitrogen functional groups attached to an aromatic ring is 1. The van der Waals surface area contributed by atoms with Crippen LogP contribution >= 0.6 is 0 Å². The summed E-state index contributed by atoms with van der Waals surface area (Å²) in [6.45, 7) is 3.97. The van der Waals surface area contributed by atoms with Gasteiger partial charge in [0, 0.05) is 27.5 Å². The molecule has 1 heterocycles. The maximum absolute atomic E-state index is 13.3. The fourth-order valence-electron chi connectivity index (χ4n) is 2.41. The SMILES string of the molecule is Cc1cc(N)c(C)c2c1[nH]c1ccc(F)cc12. The molecule has 3 rings (SSSR count). The molecule has 0 fully saturated rings. The van der Waals surface area contributed by atoms with Crippen LogP contribution in [0.5, 0.6) is 0 Å². The lowest BCUT2D eigenvalue weighted by atomic mass is 10.0. The molecular formula is C14H13FN2. The number of rotatable bonds is 0. The second kappa shape index (κ2) is 3.23. The molecule has 0 radical (unpaired) electrons. The number of aryl methyl sites for hydroxylation is 2. The smallest absolute Gasteiger partial charge is 0.123 e. The lowest BCUT2D eigenvalue weighted by Crippen LogP contribution is -1.91. The normalized spacial score (nSPS) is 11.5. The lowest BCUT2D eigenvalue weighted by molar-refractivity contribution is 0.630. The van der Waals surface area contributed by atoms with E-state index in [1.165, 1.54) is 6.07 Å². The van der Waals surface area contributed by atoms with Crippen molar-refractivity contribution >= 4 is 27.5 Å². The Hall–Kier alpha value is -2.03. The number of benzene rings is 2. The van der Waals surface area contributed by atoms with Crippen LogP contribution < -0.4 is 5.73 Å². The molecular weight excluding hydrogens is 215 g/mol. The predicted octanol–water partition coefficient (Wildman–Crippen LogP) is 3.66. The fourth-order valence-corrected chi connectivity index (χ4v) is 2.41. The van der Waals surface area contributed by atoms with E-state index in [4.69, 9.17) is 5.73 Å². The van der Waals surface area contributed by atoms with E-state index < -0.39 is 0 Å². The first-order valence-corrected chi connectivity index (χ1v) is 5.54. The number of aromatic amines is 1. The van der Waals surface area contributed by atoms with Crippen molar-refractivity contribution < 1.29 is 4.39 Å². The van der Waals surface area contributed by atoms with Gasteiger partial charge < -0.3 is 10.7 Å². The Balaban J connectivity index is 2.63. The summed E-state index contributed by atoms with van der Waals surface area (Å²) < 4.78 is 13.3. The first kappa shape index (κ1) is 10.1. The number of nitrogens with one attached hydrogen (secondary N) is 1. The first-order valence-electron chi connectivity index (χ1n) is 5.54. The highest BCUT2D eigenvalue weighted by atomic mass is 19.1. The van der Waals surface area contributed by atoms with Gasteiger partial charge in [-0.15, -0.1) is 0 Å². The minimum absolute atomic E-state index is 0.224. The van der Waals surface area contributed by atoms with Gasteiger partial charge in [0.25, 0.3) is 0 Å².